The van der Waals surface area contributed by atoms with Gasteiger partial charge in [-0.2, -0.15) is 0 Å². The van der Waals surface area contributed by atoms with Gasteiger partial charge < -0.3 is 9.80 Å². The standard InChI is InChI=1S/C22H25N7O2/c1-27(2)20-6-5-18(25-26-20)22(31)28-10-7-16(8-11-28)14-29-15-24-19(12-21(29)30)17-4-3-9-23-13-17/h3-6,9,12-13,15-16H,7-8,10-11,14H2,1-2H3. The minimum absolute atomic E-state index is 0.0800. The first kappa shape index (κ1) is 20.6. The molecule has 0 unspecified atom stereocenters. The Morgan fingerprint density at radius 1 is 1.16 bits per heavy atom. The molecule has 1 aliphatic rings. The molecule has 9 heteroatoms. The van der Waals surface area contributed by atoms with E-state index in [1.165, 1.54) is 0 Å². The molecule has 0 saturated carbocycles. The number of anilines is 1. The Morgan fingerprint density at radius 3 is 2.58 bits per heavy atom. The highest BCUT2D eigenvalue weighted by Gasteiger charge is 2.25. The number of piperidine rings is 1. The number of rotatable bonds is 5. The molecule has 0 atom stereocenters. The van der Waals surface area contributed by atoms with Crippen molar-refractivity contribution in [2.24, 2.45) is 5.92 Å². The van der Waals surface area contributed by atoms with Crippen LogP contribution in [0.1, 0.15) is 23.3 Å². The van der Waals surface area contributed by atoms with Gasteiger partial charge >= 0.3 is 0 Å². The van der Waals surface area contributed by atoms with E-state index >= 15 is 0 Å². The fourth-order valence-electron chi connectivity index (χ4n) is 3.67. The number of nitrogens with zero attached hydrogens (tertiary/aromatic N) is 7. The molecule has 0 radical (unpaired) electrons. The third kappa shape index (κ3) is 4.76. The van der Waals surface area contributed by atoms with Crippen LogP contribution in [-0.2, 0) is 6.54 Å². The third-order valence-corrected chi connectivity index (χ3v) is 5.52. The zero-order valence-corrected chi connectivity index (χ0v) is 17.7. The summed E-state index contributed by atoms with van der Waals surface area (Å²) in [4.78, 5) is 37.4. The molecule has 0 aliphatic carbocycles. The minimum atomic E-state index is -0.101. The van der Waals surface area contributed by atoms with Crippen LogP contribution in [0.3, 0.4) is 0 Å². The molecule has 160 valence electrons. The van der Waals surface area contributed by atoms with Gasteiger partial charge in [0, 0.05) is 57.8 Å². The van der Waals surface area contributed by atoms with Crippen LogP contribution in [0, 0.1) is 5.92 Å². The molecule has 0 bridgehead atoms. The zero-order valence-electron chi connectivity index (χ0n) is 17.7. The highest BCUT2D eigenvalue weighted by Crippen LogP contribution is 2.20. The normalized spacial score (nSPS) is 14.5. The molecule has 0 aromatic carbocycles. The summed E-state index contributed by atoms with van der Waals surface area (Å²) in [5.41, 5.74) is 1.72. The number of carbonyl (C=O) groups excluding carboxylic acids is 1. The number of aromatic nitrogens is 5. The van der Waals surface area contributed by atoms with Gasteiger partial charge in [0.15, 0.2) is 11.5 Å². The van der Waals surface area contributed by atoms with Crippen LogP contribution < -0.4 is 10.5 Å². The Bertz CT molecular complexity index is 1090. The van der Waals surface area contributed by atoms with Gasteiger partial charge in [0.2, 0.25) is 0 Å². The summed E-state index contributed by atoms with van der Waals surface area (Å²) in [6, 6.07) is 8.75. The largest absolute Gasteiger partial charge is 0.361 e. The van der Waals surface area contributed by atoms with E-state index in [0.29, 0.717) is 42.8 Å². The Hall–Kier alpha value is -3.62. The number of amides is 1. The van der Waals surface area contributed by atoms with E-state index in [-0.39, 0.29) is 11.5 Å². The maximum absolute atomic E-state index is 12.7. The predicted octanol–water partition coefficient (Wildman–Crippen LogP) is 1.71. The van der Waals surface area contributed by atoms with Crippen molar-refractivity contribution in [1.29, 1.82) is 0 Å². The Kier molecular flexibility index (Phi) is 6.01. The highest BCUT2D eigenvalue weighted by atomic mass is 16.2. The molecule has 0 N–H and O–H groups in total. The van der Waals surface area contributed by atoms with Crippen molar-refractivity contribution in [1.82, 2.24) is 29.6 Å². The smallest absolute Gasteiger partial charge is 0.274 e. The molecule has 9 nitrogen and oxygen atoms in total. The summed E-state index contributed by atoms with van der Waals surface area (Å²) in [5.74, 6) is 0.926. The average molecular weight is 419 g/mol. The number of hydrogen-bond donors (Lipinski definition) is 0. The van der Waals surface area contributed by atoms with Gasteiger partial charge in [-0.25, -0.2) is 4.98 Å². The molecule has 1 fully saturated rings. The van der Waals surface area contributed by atoms with Crippen molar-refractivity contribution in [3.63, 3.8) is 0 Å². The van der Waals surface area contributed by atoms with Crippen molar-refractivity contribution in [3.05, 3.63) is 65.1 Å². The highest BCUT2D eigenvalue weighted by molar-refractivity contribution is 5.92. The number of carbonyl (C=O) groups is 1. The van der Waals surface area contributed by atoms with Gasteiger partial charge in [0.25, 0.3) is 11.5 Å². The lowest BCUT2D eigenvalue weighted by atomic mass is 9.96. The van der Waals surface area contributed by atoms with Crippen LogP contribution >= 0.6 is 0 Å². The van der Waals surface area contributed by atoms with E-state index in [1.54, 1.807) is 41.5 Å². The Morgan fingerprint density at radius 2 is 1.97 bits per heavy atom. The predicted molar refractivity (Wildman–Crippen MR) is 117 cm³/mol. The average Bonchev–Trinajstić information content (AvgIpc) is 2.81. The molecule has 3 aromatic rings. The molecule has 1 saturated heterocycles. The lowest BCUT2D eigenvalue weighted by Crippen LogP contribution is -2.40. The quantitative estimate of drug-likeness (QED) is 0.621. The first-order chi connectivity index (χ1) is 15.0. The number of pyridine rings is 1. The molecule has 0 spiro atoms. The van der Waals surface area contributed by atoms with Gasteiger partial charge in [0.1, 0.15) is 0 Å². The van der Waals surface area contributed by atoms with Crippen LogP contribution in [0.15, 0.2) is 53.8 Å². The monoisotopic (exact) mass is 419 g/mol. The van der Waals surface area contributed by atoms with Crippen molar-refractivity contribution in [2.45, 2.75) is 19.4 Å². The van der Waals surface area contributed by atoms with Crippen LogP contribution in [-0.4, -0.2) is 62.7 Å². The van der Waals surface area contributed by atoms with E-state index in [1.807, 2.05) is 36.0 Å². The Labute approximate surface area is 180 Å². The first-order valence-corrected chi connectivity index (χ1v) is 10.3. The van der Waals surface area contributed by atoms with Gasteiger partial charge in [-0.1, -0.05) is 0 Å². The number of hydrogen-bond acceptors (Lipinski definition) is 7. The minimum Gasteiger partial charge on any atom is -0.361 e. The van der Waals surface area contributed by atoms with E-state index in [9.17, 15) is 9.59 Å². The van der Waals surface area contributed by atoms with Gasteiger partial charge in [0.05, 0.1) is 12.0 Å². The topological polar surface area (TPSA) is 97.1 Å². The summed E-state index contributed by atoms with van der Waals surface area (Å²) in [6.45, 7) is 1.87. The molecule has 31 heavy (non-hydrogen) atoms. The number of likely N-dealkylation sites (tertiary alicyclic amines) is 1. The fraction of sp³-hybridized carbons (Fsp3) is 0.364. The maximum Gasteiger partial charge on any atom is 0.274 e. The Balaban J connectivity index is 1.35. The van der Waals surface area contributed by atoms with Crippen molar-refractivity contribution < 1.29 is 4.79 Å². The summed E-state index contributed by atoms with van der Waals surface area (Å²) >= 11 is 0. The first-order valence-electron chi connectivity index (χ1n) is 10.3. The van der Waals surface area contributed by atoms with Crippen LogP contribution in [0.25, 0.3) is 11.3 Å². The zero-order chi connectivity index (χ0) is 21.8. The second-order valence-corrected chi connectivity index (χ2v) is 7.91. The maximum atomic E-state index is 12.7. The lowest BCUT2D eigenvalue weighted by molar-refractivity contribution is 0.0675. The third-order valence-electron chi connectivity index (χ3n) is 5.52. The SMILES string of the molecule is CN(C)c1ccc(C(=O)N2CCC(Cn3cnc(-c4cccnc4)cc3=O)CC2)nn1. The van der Waals surface area contributed by atoms with E-state index in [4.69, 9.17) is 0 Å². The molecule has 3 aromatic heterocycles. The second-order valence-electron chi connectivity index (χ2n) is 7.91. The molecule has 1 aliphatic heterocycles. The molecule has 4 rings (SSSR count). The van der Waals surface area contributed by atoms with Crippen molar-refractivity contribution in [3.8, 4) is 11.3 Å². The van der Waals surface area contributed by atoms with E-state index in [2.05, 4.69) is 20.2 Å². The van der Waals surface area contributed by atoms with Gasteiger partial charge in [-0.05, 0) is 43.0 Å². The molecule has 4 heterocycles. The van der Waals surface area contributed by atoms with E-state index < -0.39 is 0 Å². The summed E-state index contributed by atoms with van der Waals surface area (Å²) < 4.78 is 1.65. The van der Waals surface area contributed by atoms with Crippen molar-refractivity contribution in [2.75, 3.05) is 32.1 Å². The molecular weight excluding hydrogens is 394 g/mol. The van der Waals surface area contributed by atoms with E-state index in [0.717, 1.165) is 18.4 Å². The lowest BCUT2D eigenvalue weighted by Gasteiger charge is -2.32. The summed E-state index contributed by atoms with van der Waals surface area (Å²) in [7, 11) is 3.76. The molecule has 1 amide bonds. The molecular formula is C22H25N7O2. The summed E-state index contributed by atoms with van der Waals surface area (Å²) in [5, 5.41) is 8.15. The van der Waals surface area contributed by atoms with Crippen LogP contribution in [0.2, 0.25) is 0 Å². The van der Waals surface area contributed by atoms with Gasteiger partial charge in [-0.3, -0.25) is 19.1 Å². The van der Waals surface area contributed by atoms with Crippen LogP contribution in [0.4, 0.5) is 5.82 Å². The van der Waals surface area contributed by atoms with Crippen molar-refractivity contribution >= 4 is 11.7 Å². The van der Waals surface area contributed by atoms with Crippen LogP contribution in [0.5, 0.6) is 0 Å². The summed E-state index contributed by atoms with van der Waals surface area (Å²) in [6.07, 6.45) is 6.63. The van der Waals surface area contributed by atoms with Gasteiger partial charge in [-0.15, -0.1) is 10.2 Å². The second kappa shape index (κ2) is 9.03. The fourth-order valence-corrected chi connectivity index (χ4v) is 3.67.